The molecule has 0 unspecified atom stereocenters. The second-order valence-corrected chi connectivity index (χ2v) is 2.15. The number of hydrogen-bond acceptors (Lipinski definition) is 3. The number of nitrogens with zero attached hydrogens (tertiary/aromatic N) is 1. The van der Waals surface area contributed by atoms with Gasteiger partial charge in [-0.15, -0.1) is 0 Å². The van der Waals surface area contributed by atoms with Gasteiger partial charge in [0.1, 0.15) is 0 Å². The predicted molar refractivity (Wildman–Crippen MR) is 45.9 cm³/mol. The molecule has 66 valence electrons. The highest BCUT2D eigenvalue weighted by molar-refractivity contribution is 5.87. The zero-order valence-corrected chi connectivity index (χ0v) is 6.52. The van der Waals surface area contributed by atoms with Crippen LogP contribution in [0.15, 0.2) is 29.3 Å². The highest BCUT2D eigenvalue weighted by Gasteiger charge is 2.02. The molecule has 0 aliphatic carbocycles. The molecule has 0 aromatic heterocycles. The molecule has 5 nitrogen and oxygen atoms in total. The SMILES string of the molecule is O=C=Nc1ccccc1NC(=O)O. The Bertz CT molecular complexity index is 369. The third kappa shape index (κ3) is 2.43. The molecule has 0 spiro atoms. The number of benzene rings is 1. The second-order valence-electron chi connectivity index (χ2n) is 2.15. The van der Waals surface area contributed by atoms with Gasteiger partial charge in [0, 0.05) is 0 Å². The Morgan fingerprint density at radius 2 is 2.15 bits per heavy atom. The number of amides is 1. The molecule has 0 aliphatic rings. The van der Waals surface area contributed by atoms with Crippen LogP contribution in [0.2, 0.25) is 0 Å². The van der Waals surface area contributed by atoms with Crippen LogP contribution < -0.4 is 5.32 Å². The smallest absolute Gasteiger partial charge is 0.409 e. The monoisotopic (exact) mass is 178 g/mol. The van der Waals surface area contributed by atoms with E-state index >= 15 is 0 Å². The first-order valence-electron chi connectivity index (χ1n) is 3.41. The highest BCUT2D eigenvalue weighted by atomic mass is 16.4. The molecule has 1 rings (SSSR count). The maximum atomic E-state index is 10.3. The van der Waals surface area contributed by atoms with Crippen molar-refractivity contribution < 1.29 is 14.7 Å². The Morgan fingerprint density at radius 3 is 2.77 bits per heavy atom. The lowest BCUT2D eigenvalue weighted by Gasteiger charge is -2.01. The number of hydrogen-bond donors (Lipinski definition) is 2. The lowest BCUT2D eigenvalue weighted by molar-refractivity contribution is 0.210. The van der Waals surface area contributed by atoms with Gasteiger partial charge in [-0.1, -0.05) is 12.1 Å². The number of nitrogens with one attached hydrogen (secondary N) is 1. The number of aliphatic imine (C=N–C) groups is 1. The molecule has 0 bridgehead atoms. The first-order chi connectivity index (χ1) is 6.24. The van der Waals surface area contributed by atoms with Crippen LogP contribution in [0.3, 0.4) is 0 Å². The van der Waals surface area contributed by atoms with E-state index in [1.807, 2.05) is 0 Å². The van der Waals surface area contributed by atoms with Crippen molar-refractivity contribution in [1.29, 1.82) is 0 Å². The van der Waals surface area contributed by atoms with E-state index in [9.17, 15) is 9.59 Å². The molecule has 0 aliphatic heterocycles. The molecule has 2 N–H and O–H groups in total. The third-order valence-electron chi connectivity index (χ3n) is 1.31. The molecule has 0 saturated carbocycles. The lowest BCUT2D eigenvalue weighted by Crippen LogP contribution is -2.06. The quantitative estimate of drug-likeness (QED) is 0.534. The van der Waals surface area contributed by atoms with Gasteiger partial charge >= 0.3 is 6.09 Å². The van der Waals surface area contributed by atoms with Crippen molar-refractivity contribution in [1.82, 2.24) is 0 Å². The number of rotatable bonds is 2. The van der Waals surface area contributed by atoms with Gasteiger partial charge in [-0.3, -0.25) is 5.32 Å². The van der Waals surface area contributed by atoms with Crippen molar-refractivity contribution in [3.05, 3.63) is 24.3 Å². The zero-order chi connectivity index (χ0) is 9.68. The van der Waals surface area contributed by atoms with Crippen LogP contribution in [0, 0.1) is 0 Å². The van der Waals surface area contributed by atoms with Crippen molar-refractivity contribution >= 4 is 23.5 Å². The fourth-order valence-electron chi connectivity index (χ4n) is 0.841. The fourth-order valence-corrected chi connectivity index (χ4v) is 0.841. The minimum absolute atomic E-state index is 0.250. The van der Waals surface area contributed by atoms with Crippen molar-refractivity contribution in [3.63, 3.8) is 0 Å². The van der Waals surface area contributed by atoms with E-state index in [4.69, 9.17) is 5.11 Å². The molecule has 0 saturated heterocycles. The molecule has 1 aromatic rings. The van der Waals surface area contributed by atoms with Crippen LogP contribution >= 0.6 is 0 Å². The van der Waals surface area contributed by atoms with Crippen molar-refractivity contribution in [3.8, 4) is 0 Å². The minimum Gasteiger partial charge on any atom is -0.465 e. The summed E-state index contributed by atoms with van der Waals surface area (Å²) < 4.78 is 0. The normalized spacial score (nSPS) is 8.62. The Labute approximate surface area is 73.7 Å². The Kier molecular flexibility index (Phi) is 2.78. The van der Waals surface area contributed by atoms with E-state index in [1.165, 1.54) is 18.2 Å². The van der Waals surface area contributed by atoms with Crippen molar-refractivity contribution in [2.45, 2.75) is 0 Å². The summed E-state index contributed by atoms with van der Waals surface area (Å²) in [5.74, 6) is 0. The Balaban J connectivity index is 3.04. The van der Waals surface area contributed by atoms with E-state index in [1.54, 1.807) is 12.1 Å². The first kappa shape index (κ1) is 8.96. The molecular weight excluding hydrogens is 172 g/mol. The van der Waals surface area contributed by atoms with Crippen LogP contribution in [-0.2, 0) is 4.79 Å². The van der Waals surface area contributed by atoms with Gasteiger partial charge in [-0.2, -0.15) is 4.99 Å². The van der Waals surface area contributed by atoms with Gasteiger partial charge in [-0.05, 0) is 12.1 Å². The lowest BCUT2D eigenvalue weighted by atomic mass is 10.3. The van der Waals surface area contributed by atoms with E-state index in [0.717, 1.165) is 0 Å². The van der Waals surface area contributed by atoms with E-state index in [-0.39, 0.29) is 11.4 Å². The van der Waals surface area contributed by atoms with Crippen LogP contribution in [-0.4, -0.2) is 17.3 Å². The van der Waals surface area contributed by atoms with E-state index < -0.39 is 6.09 Å². The molecular formula is C8H6N2O3. The number of carboxylic acid groups (broad SMARTS) is 1. The summed E-state index contributed by atoms with van der Waals surface area (Å²) in [4.78, 5) is 23.5. The number of isocyanates is 1. The van der Waals surface area contributed by atoms with Crippen LogP contribution in [0.4, 0.5) is 16.2 Å². The Morgan fingerprint density at radius 1 is 1.46 bits per heavy atom. The van der Waals surface area contributed by atoms with E-state index in [0.29, 0.717) is 0 Å². The van der Waals surface area contributed by atoms with Gasteiger partial charge in [0.25, 0.3) is 0 Å². The molecule has 0 fully saturated rings. The van der Waals surface area contributed by atoms with E-state index in [2.05, 4.69) is 10.3 Å². The summed E-state index contributed by atoms with van der Waals surface area (Å²) in [5.41, 5.74) is 0.512. The van der Waals surface area contributed by atoms with Crippen molar-refractivity contribution in [2.24, 2.45) is 4.99 Å². The molecule has 0 atom stereocenters. The molecule has 1 amide bonds. The summed E-state index contributed by atoms with van der Waals surface area (Å²) in [5, 5.41) is 10.5. The van der Waals surface area contributed by atoms with Gasteiger partial charge < -0.3 is 5.11 Å². The number of anilines is 1. The standard InChI is InChI=1S/C8H6N2O3/c11-5-9-6-3-1-2-4-7(6)10-8(12)13/h1-4,10H,(H,12,13). The summed E-state index contributed by atoms with van der Waals surface area (Å²) in [6.45, 7) is 0. The van der Waals surface area contributed by atoms with Gasteiger partial charge in [0.05, 0.1) is 11.4 Å². The molecule has 0 heterocycles. The predicted octanol–water partition coefficient (Wildman–Crippen LogP) is 1.74. The van der Waals surface area contributed by atoms with Crippen LogP contribution in [0.1, 0.15) is 0 Å². The molecule has 13 heavy (non-hydrogen) atoms. The zero-order valence-electron chi connectivity index (χ0n) is 6.52. The summed E-state index contributed by atoms with van der Waals surface area (Å²) >= 11 is 0. The minimum atomic E-state index is -1.20. The number of para-hydroxylation sites is 2. The molecule has 5 heteroatoms. The Hall–Kier alpha value is -2.13. The molecule has 1 aromatic carbocycles. The topological polar surface area (TPSA) is 78.8 Å². The summed E-state index contributed by atoms with van der Waals surface area (Å²) in [6.07, 6.45) is 0.139. The number of carbonyl (C=O) groups is 1. The van der Waals surface area contributed by atoms with Crippen LogP contribution in [0.25, 0.3) is 0 Å². The first-order valence-corrected chi connectivity index (χ1v) is 3.41. The van der Waals surface area contributed by atoms with Crippen molar-refractivity contribution in [2.75, 3.05) is 5.32 Å². The summed E-state index contributed by atoms with van der Waals surface area (Å²) in [6, 6.07) is 6.29. The third-order valence-corrected chi connectivity index (χ3v) is 1.31. The largest absolute Gasteiger partial charge is 0.465 e. The molecule has 0 radical (unpaired) electrons. The summed E-state index contributed by atoms with van der Waals surface area (Å²) in [7, 11) is 0. The van der Waals surface area contributed by atoms with Crippen LogP contribution in [0.5, 0.6) is 0 Å². The average molecular weight is 178 g/mol. The number of carbonyl (C=O) groups excluding carboxylic acids is 1. The fraction of sp³-hybridized carbons (Fsp3) is 0. The van der Waals surface area contributed by atoms with Gasteiger partial charge in [0.15, 0.2) is 0 Å². The average Bonchev–Trinajstić information content (AvgIpc) is 2.08. The van der Waals surface area contributed by atoms with Gasteiger partial charge in [-0.25, -0.2) is 9.59 Å². The second kappa shape index (κ2) is 4.04. The van der Waals surface area contributed by atoms with Gasteiger partial charge in [0.2, 0.25) is 6.08 Å². The highest BCUT2D eigenvalue weighted by Crippen LogP contribution is 2.23. The maximum Gasteiger partial charge on any atom is 0.409 e. The maximum absolute atomic E-state index is 10.3.